The largest absolute Gasteiger partial charge is 0.311 e. The fourth-order valence-corrected chi connectivity index (χ4v) is 10.6. The molecule has 0 radical (unpaired) electrons. The number of hydrogen-bond donors (Lipinski definition) is 0. The molecule has 6 heteroatoms. The van der Waals surface area contributed by atoms with E-state index in [1.807, 2.05) is 0 Å². The van der Waals surface area contributed by atoms with Crippen LogP contribution in [0.3, 0.4) is 0 Å². The fraction of sp³-hybridized carbons (Fsp3) is 0.103. The summed E-state index contributed by atoms with van der Waals surface area (Å²) in [7, 11) is 0. The maximum atomic E-state index is 11.4. The summed E-state index contributed by atoms with van der Waals surface area (Å²) < 4.78 is 433. The Hall–Kier alpha value is -10.0. The highest BCUT2D eigenvalue weighted by Crippen LogP contribution is 2.54. The van der Waals surface area contributed by atoms with Crippen LogP contribution in [0, 0.1) is 0 Å². The average molecular weight is 1120 g/mol. The van der Waals surface area contributed by atoms with Gasteiger partial charge in [0.2, 0.25) is 0 Å². The molecule has 3 aliphatic heterocycles. The Morgan fingerprint density at radius 2 is 0.881 bits per heavy atom. The molecule has 0 unspecified atom stereocenters. The zero-order valence-corrected chi connectivity index (χ0v) is 44.8. The standard InChI is InChI=1S/C78H62BN5/c1-77(2,3)55-35-41-59(42-36-55)80(60-43-37-56(38-44-60)78(4,5)6)62-45-46-66-71(48-62)82(61-39-33-52(34-40-61)54-32-31-51-19-13-14-20-53(51)47-54)72-49-63(81(57-21-9-7-10-22-57)58-23-11-8-12-24-58)50-73-74(72)79(66)67-27-18-30-70-76(67)84(73)69-29-17-26-65-64-25-15-16-28-68(64)83(70)75(65)69/h7-50H,1-6H3/i7D,8D,9D,10D,11D,12D,13D,14D,15D,16D,17D,18D,19D,20D,21D,22D,23D,24D,25D,26D,27D,28D,29D,30D,31D,32D,33D,34D,35D,36D,37D,38D,39D,40D,41D,42D,43D,44D,45D,46D,47D,48D,49D,50D. The molecule has 3 aliphatic rings. The number of rotatable bonds is 8. The van der Waals surface area contributed by atoms with E-state index in [9.17, 15) is 49.3 Å². The molecule has 5 nitrogen and oxygen atoms in total. The first-order valence-corrected chi connectivity index (χ1v) is 26.0. The van der Waals surface area contributed by atoms with Crippen LogP contribution < -0.4 is 36.0 Å². The predicted octanol–water partition coefficient (Wildman–Crippen LogP) is 19.5. The molecule has 0 atom stereocenters. The highest BCUT2D eigenvalue weighted by Gasteiger charge is 2.47. The van der Waals surface area contributed by atoms with Crippen molar-refractivity contribution in [3.05, 3.63) is 277 Å². The number of aromatic nitrogens is 1. The van der Waals surface area contributed by atoms with Crippen LogP contribution in [0.15, 0.2) is 266 Å². The summed E-state index contributed by atoms with van der Waals surface area (Å²) in [4.78, 5) is 1.85. The number of nitrogens with zero attached hydrogens (tertiary/aromatic N) is 5. The number of fused-ring (bicyclic) bond motifs is 10. The lowest BCUT2D eigenvalue weighted by molar-refractivity contribution is 0.590. The van der Waals surface area contributed by atoms with Crippen molar-refractivity contribution in [1.82, 2.24) is 4.57 Å². The number of para-hydroxylation sites is 5. The number of benzene rings is 12. The van der Waals surface area contributed by atoms with Crippen molar-refractivity contribution in [3.8, 4) is 16.8 Å². The second-order valence-electron chi connectivity index (χ2n) is 21.6. The van der Waals surface area contributed by atoms with E-state index in [4.69, 9.17) is 11.0 Å². The first kappa shape index (κ1) is 22.3. The van der Waals surface area contributed by atoms with Gasteiger partial charge in [0, 0.05) is 62.0 Å². The maximum absolute atomic E-state index is 11.4. The van der Waals surface area contributed by atoms with Gasteiger partial charge in [-0.15, -0.1) is 0 Å². The third kappa shape index (κ3) is 7.77. The monoisotopic (exact) mass is 1120 g/mol. The zero-order valence-electron chi connectivity index (χ0n) is 88.8. The molecule has 0 bridgehead atoms. The van der Waals surface area contributed by atoms with Crippen LogP contribution >= 0.6 is 0 Å². The fourth-order valence-electron chi connectivity index (χ4n) is 10.6. The van der Waals surface area contributed by atoms with Gasteiger partial charge in [0.15, 0.2) is 0 Å². The third-order valence-electron chi connectivity index (χ3n) is 14.4. The molecule has 0 N–H and O–H groups in total. The molecule has 0 amide bonds. The van der Waals surface area contributed by atoms with Crippen molar-refractivity contribution < 1.29 is 60.3 Å². The topological polar surface area (TPSA) is 17.9 Å². The minimum Gasteiger partial charge on any atom is -0.311 e. The lowest BCUT2D eigenvalue weighted by atomic mass is 9.33. The van der Waals surface area contributed by atoms with E-state index < -0.39 is 417 Å². The summed E-state index contributed by atoms with van der Waals surface area (Å²) in [6.07, 6.45) is 0. The van der Waals surface area contributed by atoms with Crippen LogP contribution in [0.4, 0.5) is 68.2 Å². The van der Waals surface area contributed by atoms with Gasteiger partial charge < -0.3 is 24.2 Å². The van der Waals surface area contributed by atoms with Gasteiger partial charge in [-0.2, -0.15) is 0 Å². The molecule has 16 rings (SSSR count). The summed E-state index contributed by atoms with van der Waals surface area (Å²) in [6.45, 7) is 6.50. The molecule has 0 saturated heterocycles. The van der Waals surface area contributed by atoms with Crippen molar-refractivity contribution in [2.75, 3.05) is 19.6 Å². The Kier molecular flexibility index (Phi) is 4.97. The molecule has 12 aromatic carbocycles. The molecular weight excluding hydrogens is 1020 g/mol. The van der Waals surface area contributed by atoms with Crippen LogP contribution in [0.2, 0.25) is 0 Å². The van der Waals surface area contributed by atoms with Crippen molar-refractivity contribution in [2.45, 2.75) is 52.4 Å². The molecule has 1 aromatic heterocycles. The van der Waals surface area contributed by atoms with Crippen molar-refractivity contribution in [1.29, 1.82) is 0 Å². The average Bonchev–Trinajstić information content (AvgIpc) is 1.21. The summed E-state index contributed by atoms with van der Waals surface area (Å²) in [6, 6.07) is -51.5. The first-order chi connectivity index (χ1) is 59.3. The van der Waals surface area contributed by atoms with Crippen LogP contribution in [0.25, 0.3) is 49.4 Å². The zero-order chi connectivity index (χ0) is 94.9. The SMILES string of the molecule is [2H]c1c([2H])c([2H])c(N(c2c([2H])c([2H])c([2H])c([2H])c2[2H])c2c([2H])c3c4c(c2[2H])N2c5c(c([2H])c([2H])c([2H])c5-n5c6c([2H])c([2H])c([2H])c([2H])c6c6c([2H])c([2H])c([2H])c2c65)B4c2c([2H])c([2H])c(N(c4c([2H])c([2H])c(C(C)(C)C)c([2H])c4[2H])c4c([2H])c([2H])c(C(C)(C)C)c([2H])c4[2H])c([2H])c2N3c2c([2H])c([2H])c(-c3c([2H])c([2H])c4c([2H])c([2H])c([2H])c([2H])c4c3[2H])c([2H])c2[2H])c([2H])c1[2H]. The van der Waals surface area contributed by atoms with Gasteiger partial charge in [0.05, 0.1) is 94.1 Å². The first-order valence-electron chi connectivity index (χ1n) is 48.0. The van der Waals surface area contributed by atoms with E-state index in [0.29, 0.717) is 9.80 Å². The molecule has 4 heterocycles. The van der Waals surface area contributed by atoms with Crippen LogP contribution in [0.1, 0.15) is 113 Å². The smallest absolute Gasteiger partial charge is 0.252 e. The minimum absolute atomic E-state index is 0.256. The Balaban J connectivity index is 1.24. The van der Waals surface area contributed by atoms with Crippen molar-refractivity contribution >= 4 is 124 Å². The van der Waals surface area contributed by atoms with Crippen LogP contribution in [-0.2, 0) is 10.8 Å². The van der Waals surface area contributed by atoms with Gasteiger partial charge in [-0.3, -0.25) is 0 Å². The minimum atomic E-state index is -2.55. The van der Waals surface area contributed by atoms with Gasteiger partial charge in [-0.1, -0.05) is 199 Å². The van der Waals surface area contributed by atoms with Crippen molar-refractivity contribution in [2.24, 2.45) is 0 Å². The molecule has 84 heavy (non-hydrogen) atoms. The van der Waals surface area contributed by atoms with Crippen LogP contribution in [-0.4, -0.2) is 11.3 Å². The van der Waals surface area contributed by atoms with Gasteiger partial charge in [0.25, 0.3) is 6.71 Å². The Morgan fingerprint density at radius 1 is 0.357 bits per heavy atom. The van der Waals surface area contributed by atoms with E-state index in [0.717, 1.165) is 9.47 Å². The maximum Gasteiger partial charge on any atom is 0.252 e. The lowest BCUT2D eigenvalue weighted by Gasteiger charge is -2.47. The normalized spacial score (nSPS) is 20.4. The molecule has 13 aromatic rings. The molecule has 0 aliphatic carbocycles. The molecule has 402 valence electrons. The molecular formula is C78H62BN5. The predicted molar refractivity (Wildman–Crippen MR) is 358 cm³/mol. The summed E-state index contributed by atoms with van der Waals surface area (Å²) in [5.41, 5.74) is -24.5. The van der Waals surface area contributed by atoms with E-state index in [2.05, 4.69) is 0 Å². The van der Waals surface area contributed by atoms with E-state index in [-0.39, 0.29) is 16.0 Å². The number of anilines is 12. The quantitative estimate of drug-likeness (QED) is 0.141. The second-order valence-corrected chi connectivity index (χ2v) is 21.6. The Bertz CT molecular complexity index is 7200. The van der Waals surface area contributed by atoms with Crippen molar-refractivity contribution in [3.63, 3.8) is 0 Å². The molecule has 0 spiro atoms. The van der Waals surface area contributed by atoms with Gasteiger partial charge >= 0.3 is 0 Å². The third-order valence-corrected chi connectivity index (χ3v) is 14.4. The van der Waals surface area contributed by atoms with E-state index in [1.54, 1.807) is 0 Å². The van der Waals surface area contributed by atoms with E-state index in [1.165, 1.54) is 41.5 Å². The summed E-state index contributed by atoms with van der Waals surface area (Å²) >= 11 is 0. The van der Waals surface area contributed by atoms with Gasteiger partial charge in [-0.05, 0) is 169 Å². The Morgan fingerprint density at radius 3 is 1.55 bits per heavy atom. The summed E-state index contributed by atoms with van der Waals surface area (Å²) in [5, 5.41) is -2.75. The highest BCUT2D eigenvalue weighted by molar-refractivity contribution is 7.00. The number of hydrogen-bond acceptors (Lipinski definition) is 4. The second kappa shape index (κ2) is 18.7. The van der Waals surface area contributed by atoms with Gasteiger partial charge in [0.1, 0.15) is 0 Å². The Labute approximate surface area is 554 Å². The lowest BCUT2D eigenvalue weighted by Crippen LogP contribution is -2.61. The molecule has 0 fully saturated rings. The van der Waals surface area contributed by atoms with Gasteiger partial charge in [-0.25, -0.2) is 0 Å². The molecule has 0 saturated carbocycles. The summed E-state index contributed by atoms with van der Waals surface area (Å²) in [5.74, 6) is 0. The van der Waals surface area contributed by atoms with E-state index >= 15 is 0 Å². The van der Waals surface area contributed by atoms with Crippen LogP contribution in [0.5, 0.6) is 0 Å². The highest BCUT2D eigenvalue weighted by atomic mass is 15.2.